The summed E-state index contributed by atoms with van der Waals surface area (Å²) < 4.78 is 0. The molecule has 3 aromatic rings. The number of hydrogen-bond acceptors (Lipinski definition) is 2. The van der Waals surface area contributed by atoms with E-state index in [0.29, 0.717) is 5.56 Å². The second-order valence-corrected chi connectivity index (χ2v) is 6.25. The quantitative estimate of drug-likeness (QED) is 0.655. The number of carbonyl (C=O) groups excluding carboxylic acids is 1. The molecule has 0 radical (unpaired) electrons. The molecule has 3 heteroatoms. The van der Waals surface area contributed by atoms with E-state index in [-0.39, 0.29) is 11.9 Å². The van der Waals surface area contributed by atoms with Crippen LogP contribution in [-0.4, -0.2) is 11.9 Å². The number of benzene rings is 3. The smallest absolute Gasteiger partial charge is 0.255 e. The third kappa shape index (κ3) is 4.27. The van der Waals surface area contributed by atoms with Crippen molar-refractivity contribution in [3.05, 3.63) is 84.4 Å². The topological polar surface area (TPSA) is 41.1 Å². The molecule has 3 rings (SSSR count). The highest BCUT2D eigenvalue weighted by molar-refractivity contribution is 6.06. The van der Waals surface area contributed by atoms with Crippen molar-refractivity contribution < 1.29 is 4.79 Å². The summed E-state index contributed by atoms with van der Waals surface area (Å²) in [4.78, 5) is 12.6. The van der Waals surface area contributed by atoms with Gasteiger partial charge in [0.2, 0.25) is 0 Å². The van der Waals surface area contributed by atoms with Crippen LogP contribution in [0, 0.1) is 0 Å². The molecule has 0 saturated heterocycles. The molecule has 3 aromatic carbocycles. The number of nitrogens with one attached hydrogen (secondary N) is 2. The molecular formula is C22H22N2O. The maximum Gasteiger partial charge on any atom is 0.255 e. The van der Waals surface area contributed by atoms with Crippen molar-refractivity contribution in [3.63, 3.8) is 0 Å². The largest absolute Gasteiger partial charge is 0.381 e. The van der Waals surface area contributed by atoms with Gasteiger partial charge in [-0.25, -0.2) is 0 Å². The molecule has 0 saturated carbocycles. The fourth-order valence-electron chi connectivity index (χ4n) is 2.68. The summed E-state index contributed by atoms with van der Waals surface area (Å²) in [5.74, 6) is -0.113. The third-order valence-corrected chi connectivity index (χ3v) is 3.86. The fourth-order valence-corrected chi connectivity index (χ4v) is 2.68. The van der Waals surface area contributed by atoms with Crippen LogP contribution in [0.2, 0.25) is 0 Å². The molecule has 0 fully saturated rings. The van der Waals surface area contributed by atoms with Crippen molar-refractivity contribution in [3.8, 4) is 11.1 Å². The van der Waals surface area contributed by atoms with E-state index in [9.17, 15) is 4.79 Å². The zero-order valence-corrected chi connectivity index (χ0v) is 14.5. The Morgan fingerprint density at radius 1 is 0.760 bits per heavy atom. The first-order chi connectivity index (χ1) is 12.1. The van der Waals surface area contributed by atoms with E-state index in [1.54, 1.807) is 0 Å². The van der Waals surface area contributed by atoms with Gasteiger partial charge in [-0.3, -0.25) is 4.79 Å². The van der Waals surface area contributed by atoms with E-state index in [4.69, 9.17) is 0 Å². The molecule has 3 nitrogen and oxygen atoms in total. The number of carbonyl (C=O) groups is 1. The SMILES string of the molecule is CC(C)Nc1ccc(-c2ccccc2)cc1NC(=O)c1ccccc1. The third-order valence-electron chi connectivity index (χ3n) is 3.86. The Morgan fingerprint density at radius 2 is 1.40 bits per heavy atom. The fraction of sp³-hybridized carbons (Fsp3) is 0.136. The van der Waals surface area contributed by atoms with Gasteiger partial charge in [-0.15, -0.1) is 0 Å². The number of rotatable bonds is 5. The number of amides is 1. The van der Waals surface area contributed by atoms with E-state index in [1.807, 2.05) is 60.7 Å². The Kier molecular flexibility index (Phi) is 5.14. The Balaban J connectivity index is 1.95. The summed E-state index contributed by atoms with van der Waals surface area (Å²) in [6, 6.07) is 25.8. The van der Waals surface area contributed by atoms with Crippen LogP contribution in [0.3, 0.4) is 0 Å². The van der Waals surface area contributed by atoms with Crippen LogP contribution in [-0.2, 0) is 0 Å². The predicted molar refractivity (Wildman–Crippen MR) is 105 cm³/mol. The molecule has 0 heterocycles. The van der Waals surface area contributed by atoms with E-state index in [2.05, 4.69) is 42.7 Å². The molecule has 2 N–H and O–H groups in total. The molecule has 0 bridgehead atoms. The standard InChI is InChI=1S/C22H22N2O/c1-16(2)23-20-14-13-19(17-9-5-3-6-10-17)15-21(20)24-22(25)18-11-7-4-8-12-18/h3-16,23H,1-2H3,(H,24,25). The van der Waals surface area contributed by atoms with Crippen LogP contribution in [0.5, 0.6) is 0 Å². The van der Waals surface area contributed by atoms with Crippen LogP contribution in [0.1, 0.15) is 24.2 Å². The normalized spacial score (nSPS) is 10.5. The molecule has 0 unspecified atom stereocenters. The van der Waals surface area contributed by atoms with Gasteiger partial charge < -0.3 is 10.6 Å². The van der Waals surface area contributed by atoms with Gasteiger partial charge in [0.05, 0.1) is 11.4 Å². The van der Waals surface area contributed by atoms with E-state index in [0.717, 1.165) is 22.5 Å². The monoisotopic (exact) mass is 330 g/mol. The Morgan fingerprint density at radius 3 is 2.04 bits per heavy atom. The molecule has 126 valence electrons. The molecular weight excluding hydrogens is 308 g/mol. The highest BCUT2D eigenvalue weighted by atomic mass is 16.1. The van der Waals surface area contributed by atoms with Crippen LogP contribution >= 0.6 is 0 Å². The second kappa shape index (κ2) is 7.67. The van der Waals surface area contributed by atoms with Gasteiger partial charge in [0.15, 0.2) is 0 Å². The predicted octanol–water partition coefficient (Wildman–Crippen LogP) is 5.43. The minimum atomic E-state index is -0.113. The van der Waals surface area contributed by atoms with Crippen molar-refractivity contribution in [2.24, 2.45) is 0 Å². The minimum Gasteiger partial charge on any atom is -0.381 e. The lowest BCUT2D eigenvalue weighted by molar-refractivity contribution is 0.102. The first-order valence-electron chi connectivity index (χ1n) is 8.46. The van der Waals surface area contributed by atoms with Crippen molar-refractivity contribution in [2.75, 3.05) is 10.6 Å². The van der Waals surface area contributed by atoms with Crippen molar-refractivity contribution in [1.29, 1.82) is 0 Å². The Hall–Kier alpha value is -3.07. The zero-order valence-electron chi connectivity index (χ0n) is 14.5. The average molecular weight is 330 g/mol. The molecule has 0 aliphatic heterocycles. The highest BCUT2D eigenvalue weighted by Gasteiger charge is 2.11. The van der Waals surface area contributed by atoms with Gasteiger partial charge in [0, 0.05) is 11.6 Å². The van der Waals surface area contributed by atoms with Crippen LogP contribution < -0.4 is 10.6 Å². The van der Waals surface area contributed by atoms with Crippen molar-refractivity contribution in [1.82, 2.24) is 0 Å². The molecule has 25 heavy (non-hydrogen) atoms. The van der Waals surface area contributed by atoms with Gasteiger partial charge in [0.25, 0.3) is 5.91 Å². The van der Waals surface area contributed by atoms with Gasteiger partial charge in [-0.1, -0.05) is 54.6 Å². The molecule has 1 amide bonds. The summed E-state index contributed by atoms with van der Waals surface area (Å²) in [6.45, 7) is 4.15. The molecule has 0 aliphatic rings. The molecule has 0 aliphatic carbocycles. The van der Waals surface area contributed by atoms with Crippen LogP contribution in [0.25, 0.3) is 11.1 Å². The minimum absolute atomic E-state index is 0.113. The molecule has 0 atom stereocenters. The molecule has 0 spiro atoms. The lowest BCUT2D eigenvalue weighted by Gasteiger charge is -2.17. The average Bonchev–Trinajstić information content (AvgIpc) is 2.64. The summed E-state index contributed by atoms with van der Waals surface area (Å²) in [6.07, 6.45) is 0. The van der Waals surface area contributed by atoms with Crippen LogP contribution in [0.4, 0.5) is 11.4 Å². The first kappa shape index (κ1) is 16.8. The van der Waals surface area contributed by atoms with Gasteiger partial charge in [-0.2, -0.15) is 0 Å². The van der Waals surface area contributed by atoms with Gasteiger partial charge >= 0.3 is 0 Å². The Labute approximate surface area is 148 Å². The Bertz CT molecular complexity index is 842. The van der Waals surface area contributed by atoms with E-state index >= 15 is 0 Å². The summed E-state index contributed by atoms with van der Waals surface area (Å²) in [5.41, 5.74) is 4.53. The molecule has 0 aromatic heterocycles. The maximum absolute atomic E-state index is 12.6. The summed E-state index contributed by atoms with van der Waals surface area (Å²) in [7, 11) is 0. The highest BCUT2D eigenvalue weighted by Crippen LogP contribution is 2.30. The van der Waals surface area contributed by atoms with Crippen molar-refractivity contribution in [2.45, 2.75) is 19.9 Å². The maximum atomic E-state index is 12.6. The van der Waals surface area contributed by atoms with Gasteiger partial charge in [-0.05, 0) is 49.2 Å². The number of hydrogen-bond donors (Lipinski definition) is 2. The van der Waals surface area contributed by atoms with Gasteiger partial charge in [0.1, 0.15) is 0 Å². The lowest BCUT2D eigenvalue weighted by atomic mass is 10.0. The van der Waals surface area contributed by atoms with E-state index in [1.165, 1.54) is 0 Å². The summed E-state index contributed by atoms with van der Waals surface area (Å²) >= 11 is 0. The second-order valence-electron chi connectivity index (χ2n) is 6.25. The van der Waals surface area contributed by atoms with Crippen LogP contribution in [0.15, 0.2) is 78.9 Å². The van der Waals surface area contributed by atoms with Crippen molar-refractivity contribution >= 4 is 17.3 Å². The summed E-state index contributed by atoms with van der Waals surface area (Å²) in [5, 5.41) is 6.44. The van der Waals surface area contributed by atoms with E-state index < -0.39 is 0 Å². The lowest BCUT2D eigenvalue weighted by Crippen LogP contribution is -2.16. The zero-order chi connectivity index (χ0) is 17.6. The number of anilines is 2. The first-order valence-corrected chi connectivity index (χ1v) is 8.46.